The van der Waals surface area contributed by atoms with E-state index in [9.17, 15) is 4.79 Å². The van der Waals surface area contributed by atoms with Crippen LogP contribution < -0.4 is 5.32 Å². The third-order valence-corrected chi connectivity index (χ3v) is 2.84. The van der Waals surface area contributed by atoms with Crippen LogP contribution in [0.5, 0.6) is 0 Å². The number of tetrazole rings is 1. The second-order valence-corrected chi connectivity index (χ2v) is 4.83. The summed E-state index contributed by atoms with van der Waals surface area (Å²) in [4.78, 5) is 13.0. The Balaban J connectivity index is 1.77. The molecule has 2 aromatic rings. The van der Waals surface area contributed by atoms with Crippen molar-refractivity contribution in [2.75, 3.05) is 6.54 Å². The standard InChI is InChI=1S/C14H19N5O2/c1-11(20)10-15-13(21)8-5-9-19-17-14(16-18-19)12-6-3-2-4-7-12/h2-4,6-7,11,20H,5,8-10H2,1H3,(H,15,21). The van der Waals surface area contributed by atoms with E-state index < -0.39 is 6.10 Å². The molecule has 0 bridgehead atoms. The normalized spacial score (nSPS) is 12.1. The molecule has 1 aromatic carbocycles. The lowest BCUT2D eigenvalue weighted by atomic mass is 10.2. The van der Waals surface area contributed by atoms with Crippen LogP contribution >= 0.6 is 0 Å². The summed E-state index contributed by atoms with van der Waals surface area (Å²) in [5, 5.41) is 23.9. The largest absolute Gasteiger partial charge is 0.392 e. The minimum absolute atomic E-state index is 0.0840. The fourth-order valence-electron chi connectivity index (χ4n) is 1.77. The van der Waals surface area contributed by atoms with Gasteiger partial charge in [-0.15, -0.1) is 10.2 Å². The summed E-state index contributed by atoms with van der Waals surface area (Å²) in [6.45, 7) is 2.44. The van der Waals surface area contributed by atoms with Crippen LogP contribution in [0.25, 0.3) is 11.4 Å². The number of amides is 1. The average molecular weight is 289 g/mol. The zero-order valence-corrected chi connectivity index (χ0v) is 11.9. The minimum Gasteiger partial charge on any atom is -0.392 e. The van der Waals surface area contributed by atoms with Gasteiger partial charge < -0.3 is 10.4 Å². The molecular formula is C14H19N5O2. The lowest BCUT2D eigenvalue weighted by molar-refractivity contribution is -0.121. The molecule has 1 heterocycles. The number of nitrogens with one attached hydrogen (secondary N) is 1. The summed E-state index contributed by atoms with van der Waals surface area (Å²) in [6, 6.07) is 9.61. The van der Waals surface area contributed by atoms with Crippen molar-refractivity contribution in [1.29, 1.82) is 0 Å². The van der Waals surface area contributed by atoms with Gasteiger partial charge in [-0.3, -0.25) is 4.79 Å². The fraction of sp³-hybridized carbons (Fsp3) is 0.429. The number of carbonyl (C=O) groups is 1. The SMILES string of the molecule is CC(O)CNC(=O)CCCn1nnc(-c2ccccc2)n1. The predicted molar refractivity (Wildman–Crippen MR) is 77.2 cm³/mol. The molecular weight excluding hydrogens is 270 g/mol. The molecule has 1 amide bonds. The van der Waals surface area contributed by atoms with Gasteiger partial charge in [-0.1, -0.05) is 30.3 Å². The van der Waals surface area contributed by atoms with Crippen molar-refractivity contribution in [2.45, 2.75) is 32.4 Å². The van der Waals surface area contributed by atoms with Crippen molar-refractivity contribution in [1.82, 2.24) is 25.5 Å². The molecule has 0 saturated carbocycles. The molecule has 1 atom stereocenters. The molecule has 2 N–H and O–H groups in total. The van der Waals surface area contributed by atoms with Gasteiger partial charge in [0.15, 0.2) is 0 Å². The third kappa shape index (κ3) is 4.96. The Bertz CT molecular complexity index is 568. The Kier molecular flexibility index (Phi) is 5.39. The van der Waals surface area contributed by atoms with Gasteiger partial charge in [0.2, 0.25) is 11.7 Å². The van der Waals surface area contributed by atoms with Gasteiger partial charge in [-0.05, 0) is 18.6 Å². The van der Waals surface area contributed by atoms with E-state index in [1.165, 1.54) is 4.80 Å². The van der Waals surface area contributed by atoms with Crippen LogP contribution in [0, 0.1) is 0 Å². The molecule has 2 rings (SSSR count). The molecule has 0 radical (unpaired) electrons. The van der Waals surface area contributed by atoms with Crippen molar-refractivity contribution in [3.05, 3.63) is 30.3 Å². The molecule has 0 saturated heterocycles. The first-order chi connectivity index (χ1) is 10.1. The maximum absolute atomic E-state index is 11.5. The van der Waals surface area contributed by atoms with E-state index in [4.69, 9.17) is 5.11 Å². The van der Waals surface area contributed by atoms with Gasteiger partial charge in [-0.25, -0.2) is 0 Å². The van der Waals surface area contributed by atoms with Crippen LogP contribution in [-0.2, 0) is 11.3 Å². The Morgan fingerprint density at radius 1 is 1.38 bits per heavy atom. The second kappa shape index (κ2) is 7.49. The van der Waals surface area contributed by atoms with Crippen molar-refractivity contribution in [2.24, 2.45) is 0 Å². The lowest BCUT2D eigenvalue weighted by Gasteiger charge is -2.06. The zero-order chi connectivity index (χ0) is 15.1. The van der Waals surface area contributed by atoms with E-state index in [0.717, 1.165) is 5.56 Å². The highest BCUT2D eigenvalue weighted by atomic mass is 16.3. The second-order valence-electron chi connectivity index (χ2n) is 4.83. The van der Waals surface area contributed by atoms with E-state index in [1.807, 2.05) is 30.3 Å². The summed E-state index contributed by atoms with van der Waals surface area (Å²) in [7, 11) is 0. The minimum atomic E-state index is -0.528. The Labute approximate surface area is 123 Å². The first-order valence-corrected chi connectivity index (χ1v) is 6.93. The van der Waals surface area contributed by atoms with Gasteiger partial charge in [0, 0.05) is 18.5 Å². The number of hydrogen-bond donors (Lipinski definition) is 2. The highest BCUT2D eigenvalue weighted by Crippen LogP contribution is 2.11. The fourth-order valence-corrected chi connectivity index (χ4v) is 1.77. The summed E-state index contributed by atoms with van der Waals surface area (Å²) in [5.74, 6) is 0.494. The van der Waals surface area contributed by atoms with Crippen molar-refractivity contribution in [3.63, 3.8) is 0 Å². The van der Waals surface area contributed by atoms with Crippen LogP contribution in [0.2, 0.25) is 0 Å². The van der Waals surface area contributed by atoms with Crippen molar-refractivity contribution < 1.29 is 9.90 Å². The quantitative estimate of drug-likeness (QED) is 0.779. The molecule has 7 nitrogen and oxygen atoms in total. The number of aliphatic hydroxyl groups is 1. The monoisotopic (exact) mass is 289 g/mol. The number of aryl methyl sites for hydroxylation is 1. The topological polar surface area (TPSA) is 92.9 Å². The molecule has 0 fully saturated rings. The molecule has 0 aliphatic carbocycles. The van der Waals surface area contributed by atoms with E-state index in [2.05, 4.69) is 20.7 Å². The van der Waals surface area contributed by atoms with Gasteiger partial charge in [0.1, 0.15) is 0 Å². The van der Waals surface area contributed by atoms with Crippen LogP contribution in [0.4, 0.5) is 0 Å². The Morgan fingerprint density at radius 3 is 2.86 bits per heavy atom. The molecule has 21 heavy (non-hydrogen) atoms. The highest BCUT2D eigenvalue weighted by molar-refractivity contribution is 5.75. The number of aliphatic hydroxyl groups excluding tert-OH is 1. The maximum atomic E-state index is 11.5. The predicted octanol–water partition coefficient (Wildman–Crippen LogP) is 0.617. The maximum Gasteiger partial charge on any atom is 0.220 e. The number of nitrogens with zero attached hydrogens (tertiary/aromatic N) is 4. The number of hydrogen-bond acceptors (Lipinski definition) is 5. The number of aromatic nitrogens is 4. The van der Waals surface area contributed by atoms with Gasteiger partial charge in [-0.2, -0.15) is 4.80 Å². The zero-order valence-electron chi connectivity index (χ0n) is 11.9. The first kappa shape index (κ1) is 15.1. The van der Waals surface area contributed by atoms with E-state index in [1.54, 1.807) is 6.92 Å². The van der Waals surface area contributed by atoms with Crippen molar-refractivity contribution >= 4 is 5.91 Å². The smallest absolute Gasteiger partial charge is 0.220 e. The van der Waals surface area contributed by atoms with Gasteiger partial charge in [0.05, 0.1) is 12.6 Å². The van der Waals surface area contributed by atoms with Gasteiger partial charge >= 0.3 is 0 Å². The number of carbonyl (C=O) groups excluding carboxylic acids is 1. The molecule has 112 valence electrons. The molecule has 0 aliphatic rings. The Hall–Kier alpha value is -2.28. The first-order valence-electron chi connectivity index (χ1n) is 6.93. The van der Waals surface area contributed by atoms with Crippen molar-refractivity contribution in [3.8, 4) is 11.4 Å². The molecule has 7 heteroatoms. The molecule has 0 aliphatic heterocycles. The van der Waals surface area contributed by atoms with Crippen LogP contribution in [0.1, 0.15) is 19.8 Å². The summed E-state index contributed by atoms with van der Waals surface area (Å²) in [5.41, 5.74) is 0.915. The third-order valence-electron chi connectivity index (χ3n) is 2.84. The molecule has 1 aromatic heterocycles. The number of benzene rings is 1. The lowest BCUT2D eigenvalue weighted by Crippen LogP contribution is -2.30. The summed E-state index contributed by atoms with van der Waals surface area (Å²) in [6.07, 6.45) is 0.463. The average Bonchev–Trinajstić information content (AvgIpc) is 2.95. The van der Waals surface area contributed by atoms with Crippen LogP contribution in [0.3, 0.4) is 0 Å². The van der Waals surface area contributed by atoms with Crippen LogP contribution in [-0.4, -0.2) is 43.9 Å². The highest BCUT2D eigenvalue weighted by Gasteiger charge is 2.06. The molecule has 0 spiro atoms. The molecule has 1 unspecified atom stereocenters. The van der Waals surface area contributed by atoms with E-state index >= 15 is 0 Å². The van der Waals surface area contributed by atoms with E-state index in [0.29, 0.717) is 25.2 Å². The summed E-state index contributed by atoms with van der Waals surface area (Å²) >= 11 is 0. The van der Waals surface area contributed by atoms with Gasteiger partial charge in [0.25, 0.3) is 0 Å². The van der Waals surface area contributed by atoms with E-state index in [-0.39, 0.29) is 12.5 Å². The Morgan fingerprint density at radius 2 is 2.14 bits per heavy atom. The summed E-state index contributed by atoms with van der Waals surface area (Å²) < 4.78 is 0. The number of rotatable bonds is 7. The van der Waals surface area contributed by atoms with Crippen LogP contribution in [0.15, 0.2) is 30.3 Å².